The van der Waals surface area contributed by atoms with Gasteiger partial charge in [0.05, 0.1) is 6.61 Å². The Morgan fingerprint density at radius 2 is 1.53 bits per heavy atom. The van der Waals surface area contributed by atoms with Crippen molar-refractivity contribution >= 4 is 10.2 Å². The van der Waals surface area contributed by atoms with E-state index in [1.54, 1.807) is 0 Å². The summed E-state index contributed by atoms with van der Waals surface area (Å²) >= 11 is 0. The lowest BCUT2D eigenvalue weighted by Crippen LogP contribution is -2.45. The van der Waals surface area contributed by atoms with Crippen molar-refractivity contribution in [3.05, 3.63) is 0 Å². The van der Waals surface area contributed by atoms with Gasteiger partial charge >= 0.3 is 0 Å². The molecule has 92 valence electrons. The molecule has 0 bridgehead atoms. The Kier molecular flexibility index (Phi) is 7.08. The van der Waals surface area contributed by atoms with Crippen molar-refractivity contribution in [2.45, 2.75) is 27.2 Å². The van der Waals surface area contributed by atoms with Crippen LogP contribution in [0.4, 0.5) is 0 Å². The average Bonchev–Trinajstić information content (AvgIpc) is 2.19. The molecule has 0 atom stereocenters. The van der Waals surface area contributed by atoms with Gasteiger partial charge in [-0.15, -0.1) is 0 Å². The number of hydrogen-bond donors (Lipinski definition) is 1. The van der Waals surface area contributed by atoms with E-state index in [9.17, 15) is 8.42 Å². The molecule has 0 rings (SSSR count). The first kappa shape index (κ1) is 14.8. The van der Waals surface area contributed by atoms with Crippen molar-refractivity contribution in [2.75, 3.05) is 32.8 Å². The third kappa shape index (κ3) is 4.06. The highest BCUT2D eigenvalue weighted by molar-refractivity contribution is 7.86. The molecule has 0 amide bonds. The summed E-state index contributed by atoms with van der Waals surface area (Å²) in [5.74, 6) is 0. The Balaban J connectivity index is 4.75. The molecule has 0 aliphatic heterocycles. The van der Waals surface area contributed by atoms with Crippen LogP contribution in [-0.2, 0) is 10.2 Å². The zero-order chi connectivity index (χ0) is 11.9. The first-order chi connectivity index (χ1) is 7.04. The highest BCUT2D eigenvalue weighted by atomic mass is 32.2. The van der Waals surface area contributed by atoms with Gasteiger partial charge in [-0.2, -0.15) is 17.0 Å². The topological polar surface area (TPSA) is 60.9 Å². The van der Waals surface area contributed by atoms with Gasteiger partial charge in [-0.3, -0.25) is 0 Å². The molecule has 6 heteroatoms. The SMILES string of the molecule is CCCN(CCO)S(=O)(=O)N(CC)CC. The number of nitrogens with zero attached hydrogens (tertiary/aromatic N) is 2. The second-order valence-corrected chi connectivity index (χ2v) is 5.14. The molecule has 1 N–H and O–H groups in total. The largest absolute Gasteiger partial charge is 0.395 e. The van der Waals surface area contributed by atoms with Crippen LogP contribution in [0.5, 0.6) is 0 Å². The normalized spacial score (nSPS) is 12.7. The predicted molar refractivity (Wildman–Crippen MR) is 60.8 cm³/mol. The van der Waals surface area contributed by atoms with Gasteiger partial charge in [0.15, 0.2) is 0 Å². The summed E-state index contributed by atoms with van der Waals surface area (Å²) in [6, 6.07) is 0. The molecule has 0 aliphatic rings. The van der Waals surface area contributed by atoms with Crippen molar-refractivity contribution in [1.29, 1.82) is 0 Å². The van der Waals surface area contributed by atoms with Gasteiger partial charge in [-0.05, 0) is 6.42 Å². The molecular formula is C9H22N2O3S. The van der Waals surface area contributed by atoms with E-state index in [1.807, 2.05) is 20.8 Å². The molecular weight excluding hydrogens is 216 g/mol. The molecule has 0 spiro atoms. The van der Waals surface area contributed by atoms with E-state index >= 15 is 0 Å². The van der Waals surface area contributed by atoms with Crippen LogP contribution in [0.1, 0.15) is 27.2 Å². The zero-order valence-electron chi connectivity index (χ0n) is 9.81. The van der Waals surface area contributed by atoms with Gasteiger partial charge in [-0.25, -0.2) is 0 Å². The van der Waals surface area contributed by atoms with E-state index in [-0.39, 0.29) is 13.2 Å². The van der Waals surface area contributed by atoms with Crippen LogP contribution in [0.2, 0.25) is 0 Å². The van der Waals surface area contributed by atoms with Crippen LogP contribution >= 0.6 is 0 Å². The minimum Gasteiger partial charge on any atom is -0.395 e. The molecule has 0 saturated carbocycles. The lowest BCUT2D eigenvalue weighted by Gasteiger charge is -2.27. The fourth-order valence-corrected chi connectivity index (χ4v) is 3.12. The van der Waals surface area contributed by atoms with E-state index in [0.717, 1.165) is 6.42 Å². The van der Waals surface area contributed by atoms with Crippen molar-refractivity contribution in [1.82, 2.24) is 8.61 Å². The second-order valence-electron chi connectivity index (χ2n) is 3.21. The number of hydrogen-bond acceptors (Lipinski definition) is 3. The Morgan fingerprint density at radius 3 is 1.87 bits per heavy atom. The maximum Gasteiger partial charge on any atom is 0.282 e. The van der Waals surface area contributed by atoms with Gasteiger partial charge in [-0.1, -0.05) is 20.8 Å². The minimum atomic E-state index is -3.38. The van der Waals surface area contributed by atoms with E-state index in [0.29, 0.717) is 19.6 Å². The lowest BCUT2D eigenvalue weighted by atomic mass is 10.5. The second kappa shape index (κ2) is 7.16. The maximum atomic E-state index is 12.0. The van der Waals surface area contributed by atoms with Gasteiger partial charge < -0.3 is 5.11 Å². The summed E-state index contributed by atoms with van der Waals surface area (Å²) < 4.78 is 26.8. The monoisotopic (exact) mass is 238 g/mol. The quantitative estimate of drug-likeness (QED) is 0.660. The standard InChI is InChI=1S/C9H22N2O3S/c1-4-7-11(8-9-12)15(13,14)10(5-2)6-3/h12H,4-9H2,1-3H3. The summed E-state index contributed by atoms with van der Waals surface area (Å²) in [5, 5.41) is 8.83. The molecule has 0 aromatic heterocycles. The van der Waals surface area contributed by atoms with Crippen molar-refractivity contribution in [3.8, 4) is 0 Å². The Morgan fingerprint density at radius 1 is 1.00 bits per heavy atom. The first-order valence-electron chi connectivity index (χ1n) is 5.40. The molecule has 0 aromatic rings. The van der Waals surface area contributed by atoms with Crippen molar-refractivity contribution in [3.63, 3.8) is 0 Å². The van der Waals surface area contributed by atoms with E-state index in [2.05, 4.69) is 0 Å². The van der Waals surface area contributed by atoms with Gasteiger partial charge in [0.2, 0.25) is 0 Å². The Labute approximate surface area is 92.9 Å². The smallest absolute Gasteiger partial charge is 0.282 e. The van der Waals surface area contributed by atoms with E-state index in [1.165, 1.54) is 8.61 Å². The molecule has 0 fully saturated rings. The fourth-order valence-electron chi connectivity index (χ4n) is 1.42. The minimum absolute atomic E-state index is 0.138. The predicted octanol–water partition coefficient (Wildman–Crippen LogP) is 0.277. The molecule has 5 nitrogen and oxygen atoms in total. The van der Waals surface area contributed by atoms with Crippen LogP contribution in [0, 0.1) is 0 Å². The van der Waals surface area contributed by atoms with Crippen LogP contribution in [-0.4, -0.2) is 54.9 Å². The third-order valence-corrected chi connectivity index (χ3v) is 4.37. The maximum absolute atomic E-state index is 12.0. The highest BCUT2D eigenvalue weighted by Gasteiger charge is 2.26. The van der Waals surface area contributed by atoms with E-state index < -0.39 is 10.2 Å². The third-order valence-electron chi connectivity index (χ3n) is 2.18. The molecule has 0 aliphatic carbocycles. The summed E-state index contributed by atoms with van der Waals surface area (Å²) in [6.45, 7) is 6.96. The number of aliphatic hydroxyl groups is 1. The Hall–Kier alpha value is -0.170. The van der Waals surface area contributed by atoms with Gasteiger partial charge in [0, 0.05) is 26.2 Å². The molecule has 0 saturated heterocycles. The van der Waals surface area contributed by atoms with Crippen LogP contribution < -0.4 is 0 Å². The average molecular weight is 238 g/mol. The van der Waals surface area contributed by atoms with Gasteiger partial charge in [0.1, 0.15) is 0 Å². The summed E-state index contributed by atoms with van der Waals surface area (Å²) in [5.41, 5.74) is 0. The van der Waals surface area contributed by atoms with Crippen LogP contribution in [0.15, 0.2) is 0 Å². The van der Waals surface area contributed by atoms with Crippen molar-refractivity contribution in [2.24, 2.45) is 0 Å². The summed E-state index contributed by atoms with van der Waals surface area (Å²) in [7, 11) is -3.38. The number of aliphatic hydroxyl groups excluding tert-OH is 1. The number of rotatable bonds is 8. The molecule has 0 heterocycles. The first-order valence-corrected chi connectivity index (χ1v) is 6.80. The van der Waals surface area contributed by atoms with E-state index in [4.69, 9.17) is 5.11 Å². The summed E-state index contributed by atoms with van der Waals surface area (Å²) in [6.07, 6.45) is 0.750. The lowest BCUT2D eigenvalue weighted by molar-refractivity contribution is 0.244. The van der Waals surface area contributed by atoms with Crippen molar-refractivity contribution < 1.29 is 13.5 Å². The van der Waals surface area contributed by atoms with Crippen LogP contribution in [0.25, 0.3) is 0 Å². The van der Waals surface area contributed by atoms with Gasteiger partial charge in [0.25, 0.3) is 10.2 Å². The molecule has 0 unspecified atom stereocenters. The zero-order valence-corrected chi connectivity index (χ0v) is 10.6. The molecule has 0 aromatic carbocycles. The van der Waals surface area contributed by atoms with Crippen LogP contribution in [0.3, 0.4) is 0 Å². The molecule has 0 radical (unpaired) electrons. The Bertz CT molecular complexity index is 244. The molecule has 15 heavy (non-hydrogen) atoms. The highest BCUT2D eigenvalue weighted by Crippen LogP contribution is 2.08. The fraction of sp³-hybridized carbons (Fsp3) is 1.00. The summed E-state index contributed by atoms with van der Waals surface area (Å²) in [4.78, 5) is 0.